The van der Waals surface area contributed by atoms with Crippen LogP contribution in [0.3, 0.4) is 0 Å². The molecule has 1 heterocycles. The number of hydrogen-bond donors (Lipinski definition) is 0. The molecule has 0 bridgehead atoms. The Morgan fingerprint density at radius 1 is 1.44 bits per heavy atom. The lowest BCUT2D eigenvalue weighted by molar-refractivity contribution is -0.385. The average Bonchev–Trinajstić information content (AvgIpc) is 2.32. The molecule has 1 aromatic carbocycles. The summed E-state index contributed by atoms with van der Waals surface area (Å²) in [5.41, 5.74) is 1.54. The van der Waals surface area contributed by atoms with E-state index in [1.807, 2.05) is 6.92 Å². The minimum Gasteiger partial charge on any atom is -0.345 e. The zero-order valence-corrected chi connectivity index (χ0v) is 10.5. The van der Waals surface area contributed by atoms with Crippen LogP contribution in [0.5, 0.6) is 0 Å². The number of likely N-dealkylation sites (tertiary alicyclic amines) is 1. The van der Waals surface area contributed by atoms with Gasteiger partial charge in [0.15, 0.2) is 0 Å². The van der Waals surface area contributed by atoms with Crippen LogP contribution in [0.1, 0.15) is 29.9 Å². The van der Waals surface area contributed by atoms with E-state index < -0.39 is 4.92 Å². The molecule has 0 spiro atoms. The number of nitrogens with zero attached hydrogens (tertiary/aromatic N) is 2. The molecule has 96 valence electrons. The number of likely N-dealkylation sites (N-methyl/N-ethyl adjacent to an activating group) is 1. The predicted octanol–water partition coefficient (Wildman–Crippen LogP) is 2.24. The van der Waals surface area contributed by atoms with Crippen molar-refractivity contribution >= 4 is 11.6 Å². The van der Waals surface area contributed by atoms with Crippen molar-refractivity contribution in [2.45, 2.75) is 25.7 Å². The molecule has 1 fully saturated rings. The summed E-state index contributed by atoms with van der Waals surface area (Å²) < 4.78 is 0. The summed E-state index contributed by atoms with van der Waals surface area (Å²) in [4.78, 5) is 24.4. The molecule has 1 unspecified atom stereocenters. The van der Waals surface area contributed by atoms with Crippen LogP contribution in [0.4, 0.5) is 5.69 Å². The van der Waals surface area contributed by atoms with Gasteiger partial charge in [0, 0.05) is 25.2 Å². The highest BCUT2D eigenvalue weighted by molar-refractivity contribution is 5.85. The van der Waals surface area contributed by atoms with E-state index in [0.717, 1.165) is 18.5 Å². The number of carbonyl (C=O) groups excluding carboxylic acids is 1. The number of carbonyl (C=O) groups is 1. The number of rotatable bonds is 2. The molecule has 1 atom stereocenters. The SMILES string of the molecule is Cc1ccc([N+](=O)[O-])c(C2CCCN(C)C2=O)c1. The van der Waals surface area contributed by atoms with Crippen molar-refractivity contribution in [1.82, 2.24) is 4.90 Å². The van der Waals surface area contributed by atoms with Gasteiger partial charge in [0.05, 0.1) is 10.8 Å². The molecule has 0 radical (unpaired) electrons. The maximum atomic E-state index is 12.1. The summed E-state index contributed by atoms with van der Waals surface area (Å²) in [6.07, 6.45) is 1.57. The zero-order valence-electron chi connectivity index (χ0n) is 10.5. The van der Waals surface area contributed by atoms with Crippen molar-refractivity contribution in [3.8, 4) is 0 Å². The van der Waals surface area contributed by atoms with E-state index in [0.29, 0.717) is 12.0 Å². The summed E-state index contributed by atoms with van der Waals surface area (Å²) in [6.45, 7) is 2.61. The van der Waals surface area contributed by atoms with E-state index in [-0.39, 0.29) is 17.5 Å². The third-order valence-corrected chi connectivity index (χ3v) is 3.42. The van der Waals surface area contributed by atoms with Crippen molar-refractivity contribution in [3.05, 3.63) is 39.4 Å². The summed E-state index contributed by atoms with van der Waals surface area (Å²) in [6, 6.07) is 4.96. The Hall–Kier alpha value is -1.91. The number of aryl methyl sites for hydroxylation is 1. The quantitative estimate of drug-likeness (QED) is 0.595. The van der Waals surface area contributed by atoms with Gasteiger partial charge in [-0.25, -0.2) is 0 Å². The first-order valence-corrected chi connectivity index (χ1v) is 6.00. The van der Waals surface area contributed by atoms with Crippen LogP contribution in [0.2, 0.25) is 0 Å². The van der Waals surface area contributed by atoms with Gasteiger partial charge in [0.1, 0.15) is 0 Å². The van der Waals surface area contributed by atoms with Crippen LogP contribution in [0.25, 0.3) is 0 Å². The lowest BCUT2D eigenvalue weighted by Crippen LogP contribution is -2.37. The van der Waals surface area contributed by atoms with E-state index in [9.17, 15) is 14.9 Å². The molecule has 1 aliphatic heterocycles. The number of nitro groups is 1. The summed E-state index contributed by atoms with van der Waals surface area (Å²) >= 11 is 0. The second kappa shape index (κ2) is 4.76. The summed E-state index contributed by atoms with van der Waals surface area (Å²) in [5.74, 6) is -0.390. The minimum atomic E-state index is -0.406. The fourth-order valence-electron chi connectivity index (χ4n) is 2.44. The van der Waals surface area contributed by atoms with Gasteiger partial charge in [-0.3, -0.25) is 14.9 Å². The Morgan fingerprint density at radius 3 is 2.83 bits per heavy atom. The monoisotopic (exact) mass is 248 g/mol. The number of piperidine rings is 1. The molecule has 0 aliphatic carbocycles. The fourth-order valence-corrected chi connectivity index (χ4v) is 2.44. The lowest BCUT2D eigenvalue weighted by atomic mass is 9.88. The Kier molecular flexibility index (Phi) is 3.32. The van der Waals surface area contributed by atoms with Gasteiger partial charge >= 0.3 is 0 Å². The molecule has 5 nitrogen and oxygen atoms in total. The lowest BCUT2D eigenvalue weighted by Gasteiger charge is -2.29. The molecule has 0 aromatic heterocycles. The second-order valence-corrected chi connectivity index (χ2v) is 4.77. The zero-order chi connectivity index (χ0) is 13.3. The molecule has 18 heavy (non-hydrogen) atoms. The molecule has 0 N–H and O–H groups in total. The Morgan fingerprint density at radius 2 is 2.17 bits per heavy atom. The average molecular weight is 248 g/mol. The van der Waals surface area contributed by atoms with Crippen molar-refractivity contribution < 1.29 is 9.72 Å². The van der Waals surface area contributed by atoms with Gasteiger partial charge in [-0.15, -0.1) is 0 Å². The van der Waals surface area contributed by atoms with Crippen LogP contribution >= 0.6 is 0 Å². The number of nitro benzene ring substituents is 1. The molecule has 1 amide bonds. The molecule has 2 rings (SSSR count). The molecule has 1 aliphatic rings. The maximum absolute atomic E-state index is 12.1. The van der Waals surface area contributed by atoms with Gasteiger partial charge in [0.25, 0.3) is 5.69 Å². The smallest absolute Gasteiger partial charge is 0.273 e. The maximum Gasteiger partial charge on any atom is 0.273 e. The highest BCUT2D eigenvalue weighted by Gasteiger charge is 2.32. The van der Waals surface area contributed by atoms with Gasteiger partial charge in [0.2, 0.25) is 5.91 Å². The fraction of sp³-hybridized carbons (Fsp3) is 0.462. The molecular formula is C13H16N2O3. The third kappa shape index (κ3) is 2.20. The van der Waals surface area contributed by atoms with Crippen molar-refractivity contribution in [2.75, 3.05) is 13.6 Å². The van der Waals surface area contributed by atoms with Gasteiger partial charge in [-0.05, 0) is 25.8 Å². The van der Waals surface area contributed by atoms with Crippen molar-refractivity contribution in [1.29, 1.82) is 0 Å². The molecule has 0 saturated carbocycles. The standard InChI is InChI=1S/C13H16N2O3/c1-9-5-6-12(15(17)18)11(8-9)10-4-3-7-14(2)13(10)16/h5-6,8,10H,3-4,7H2,1-2H3. The van der Waals surface area contributed by atoms with E-state index in [1.54, 1.807) is 24.1 Å². The van der Waals surface area contributed by atoms with E-state index in [4.69, 9.17) is 0 Å². The number of amides is 1. The highest BCUT2D eigenvalue weighted by Crippen LogP contribution is 2.34. The molecular weight excluding hydrogens is 232 g/mol. The third-order valence-electron chi connectivity index (χ3n) is 3.42. The number of hydrogen-bond acceptors (Lipinski definition) is 3. The first kappa shape index (κ1) is 12.5. The largest absolute Gasteiger partial charge is 0.345 e. The predicted molar refractivity (Wildman–Crippen MR) is 67.4 cm³/mol. The summed E-state index contributed by atoms with van der Waals surface area (Å²) in [7, 11) is 1.75. The second-order valence-electron chi connectivity index (χ2n) is 4.77. The van der Waals surface area contributed by atoms with Crippen molar-refractivity contribution in [3.63, 3.8) is 0 Å². The first-order chi connectivity index (χ1) is 8.50. The van der Waals surface area contributed by atoms with Gasteiger partial charge in [-0.2, -0.15) is 0 Å². The van der Waals surface area contributed by atoms with Crippen LogP contribution < -0.4 is 0 Å². The first-order valence-electron chi connectivity index (χ1n) is 6.00. The summed E-state index contributed by atoms with van der Waals surface area (Å²) in [5, 5.41) is 11.0. The van der Waals surface area contributed by atoms with Crippen LogP contribution in [-0.4, -0.2) is 29.3 Å². The minimum absolute atomic E-state index is 0.0186. The molecule has 5 heteroatoms. The van der Waals surface area contributed by atoms with Gasteiger partial charge in [-0.1, -0.05) is 11.6 Å². The van der Waals surface area contributed by atoms with Crippen LogP contribution in [0.15, 0.2) is 18.2 Å². The molecule has 1 saturated heterocycles. The Labute approximate surface area is 106 Å². The van der Waals surface area contributed by atoms with Gasteiger partial charge < -0.3 is 4.90 Å². The number of benzene rings is 1. The van der Waals surface area contributed by atoms with E-state index >= 15 is 0 Å². The van der Waals surface area contributed by atoms with Crippen molar-refractivity contribution in [2.24, 2.45) is 0 Å². The topological polar surface area (TPSA) is 63.5 Å². The van der Waals surface area contributed by atoms with E-state index in [2.05, 4.69) is 0 Å². The van der Waals surface area contributed by atoms with Crippen LogP contribution in [-0.2, 0) is 4.79 Å². The molecule has 1 aromatic rings. The highest BCUT2D eigenvalue weighted by atomic mass is 16.6. The Balaban J connectivity index is 2.45. The van der Waals surface area contributed by atoms with E-state index in [1.165, 1.54) is 6.07 Å². The Bertz CT molecular complexity index is 499. The van der Waals surface area contributed by atoms with Crippen LogP contribution in [0, 0.1) is 17.0 Å². The normalized spacial score (nSPS) is 20.0.